The smallest absolute Gasteiger partial charge is 0.233 e. The fourth-order valence-corrected chi connectivity index (χ4v) is 1.81. The maximum atomic E-state index is 11.4. The lowest BCUT2D eigenvalue weighted by molar-refractivity contribution is -0.121. The minimum Gasteiger partial charge on any atom is -0.358 e. The first kappa shape index (κ1) is 13.9. The highest BCUT2D eigenvalue weighted by molar-refractivity contribution is 6.29. The van der Waals surface area contributed by atoms with Crippen molar-refractivity contribution in [2.24, 2.45) is 0 Å². The Labute approximate surface area is 107 Å². The molecule has 0 aliphatic rings. The molecule has 0 atom stereocenters. The zero-order chi connectivity index (χ0) is 12.7. The number of carbonyl (C=O) groups excluding carboxylic acids is 1. The van der Waals surface area contributed by atoms with Gasteiger partial charge in [-0.3, -0.25) is 9.69 Å². The Bertz CT molecular complexity index is 371. The van der Waals surface area contributed by atoms with Gasteiger partial charge in [-0.05, 0) is 30.7 Å². The molecule has 1 rings (SSSR count). The summed E-state index contributed by atoms with van der Waals surface area (Å²) in [6.45, 7) is 4.09. The second kappa shape index (κ2) is 7.25. The van der Waals surface area contributed by atoms with E-state index < -0.39 is 0 Å². The molecule has 0 fully saturated rings. The standard InChI is InChI=1S/C12H18ClN3O/c1-3-6-16(9-12(17)14-2)8-10-4-5-15-11(13)7-10/h4-5,7H,3,6,8-9H2,1-2H3,(H,14,17). The lowest BCUT2D eigenvalue weighted by Gasteiger charge is -2.20. The van der Waals surface area contributed by atoms with Crippen LogP contribution in [0.2, 0.25) is 5.15 Å². The number of likely N-dealkylation sites (N-methyl/N-ethyl adjacent to an activating group) is 1. The quantitative estimate of drug-likeness (QED) is 0.787. The van der Waals surface area contributed by atoms with E-state index in [4.69, 9.17) is 11.6 Å². The first-order chi connectivity index (χ1) is 8.15. The van der Waals surface area contributed by atoms with Crippen LogP contribution in [0.4, 0.5) is 0 Å². The van der Waals surface area contributed by atoms with E-state index in [0.29, 0.717) is 18.2 Å². The third kappa shape index (κ3) is 5.15. The number of nitrogens with one attached hydrogen (secondary N) is 1. The molecule has 0 saturated carbocycles. The fourth-order valence-electron chi connectivity index (χ4n) is 1.61. The summed E-state index contributed by atoms with van der Waals surface area (Å²) in [5.41, 5.74) is 1.07. The van der Waals surface area contributed by atoms with Crippen LogP contribution in [0.15, 0.2) is 18.3 Å². The number of nitrogens with zero attached hydrogens (tertiary/aromatic N) is 2. The lowest BCUT2D eigenvalue weighted by Crippen LogP contribution is -2.35. The van der Waals surface area contributed by atoms with E-state index in [-0.39, 0.29) is 5.91 Å². The minimum atomic E-state index is 0.0265. The van der Waals surface area contributed by atoms with Crippen LogP contribution < -0.4 is 5.32 Å². The summed E-state index contributed by atoms with van der Waals surface area (Å²) in [6, 6.07) is 3.74. The Morgan fingerprint density at radius 2 is 2.35 bits per heavy atom. The Morgan fingerprint density at radius 3 is 2.94 bits per heavy atom. The monoisotopic (exact) mass is 255 g/mol. The van der Waals surface area contributed by atoms with Crippen molar-refractivity contribution in [1.82, 2.24) is 15.2 Å². The first-order valence-corrected chi connectivity index (χ1v) is 6.07. The largest absolute Gasteiger partial charge is 0.358 e. The molecule has 0 aliphatic carbocycles. The van der Waals surface area contributed by atoms with Crippen molar-refractivity contribution in [2.75, 3.05) is 20.1 Å². The highest BCUT2D eigenvalue weighted by Gasteiger charge is 2.09. The molecule has 94 valence electrons. The predicted molar refractivity (Wildman–Crippen MR) is 68.9 cm³/mol. The van der Waals surface area contributed by atoms with Crippen molar-refractivity contribution < 1.29 is 4.79 Å². The molecule has 1 N–H and O–H groups in total. The maximum Gasteiger partial charge on any atom is 0.233 e. The third-order valence-corrected chi connectivity index (χ3v) is 2.59. The molecule has 1 aromatic rings. The van der Waals surface area contributed by atoms with E-state index in [2.05, 4.69) is 22.1 Å². The van der Waals surface area contributed by atoms with Crippen LogP contribution in [-0.2, 0) is 11.3 Å². The summed E-state index contributed by atoms with van der Waals surface area (Å²) in [4.78, 5) is 17.4. The normalized spacial score (nSPS) is 10.6. The highest BCUT2D eigenvalue weighted by Crippen LogP contribution is 2.10. The molecular weight excluding hydrogens is 238 g/mol. The van der Waals surface area contributed by atoms with Gasteiger partial charge >= 0.3 is 0 Å². The van der Waals surface area contributed by atoms with Crippen LogP contribution in [0.25, 0.3) is 0 Å². The summed E-state index contributed by atoms with van der Waals surface area (Å²) in [7, 11) is 1.65. The molecule has 0 aliphatic heterocycles. The molecular formula is C12H18ClN3O. The lowest BCUT2D eigenvalue weighted by atomic mass is 10.2. The van der Waals surface area contributed by atoms with Gasteiger partial charge in [-0.1, -0.05) is 18.5 Å². The zero-order valence-corrected chi connectivity index (χ0v) is 11.0. The SMILES string of the molecule is CCCN(CC(=O)NC)Cc1ccnc(Cl)c1. The summed E-state index contributed by atoms with van der Waals surface area (Å²) in [5.74, 6) is 0.0265. The Kier molecular flexibility index (Phi) is 5.94. The van der Waals surface area contributed by atoms with Gasteiger partial charge in [0.1, 0.15) is 5.15 Å². The minimum absolute atomic E-state index is 0.0265. The number of aromatic nitrogens is 1. The second-order valence-corrected chi connectivity index (χ2v) is 4.26. The number of rotatable bonds is 6. The van der Waals surface area contributed by atoms with E-state index >= 15 is 0 Å². The van der Waals surface area contributed by atoms with Gasteiger partial charge in [0.2, 0.25) is 5.91 Å². The molecule has 1 amide bonds. The fraction of sp³-hybridized carbons (Fsp3) is 0.500. The van der Waals surface area contributed by atoms with E-state index in [9.17, 15) is 4.79 Å². The summed E-state index contributed by atoms with van der Waals surface area (Å²) >= 11 is 5.83. The van der Waals surface area contributed by atoms with Gasteiger partial charge < -0.3 is 5.32 Å². The average molecular weight is 256 g/mol. The second-order valence-electron chi connectivity index (χ2n) is 3.87. The van der Waals surface area contributed by atoms with E-state index in [0.717, 1.165) is 18.5 Å². The summed E-state index contributed by atoms with van der Waals surface area (Å²) in [5, 5.41) is 3.12. The van der Waals surface area contributed by atoms with E-state index in [1.807, 2.05) is 12.1 Å². The van der Waals surface area contributed by atoms with Gasteiger partial charge in [0.25, 0.3) is 0 Å². The summed E-state index contributed by atoms with van der Waals surface area (Å²) < 4.78 is 0. The average Bonchev–Trinajstić information content (AvgIpc) is 2.29. The van der Waals surface area contributed by atoms with Crippen LogP contribution >= 0.6 is 11.6 Å². The Hall–Kier alpha value is -1.13. The molecule has 0 aromatic carbocycles. The number of pyridine rings is 1. The van der Waals surface area contributed by atoms with E-state index in [1.165, 1.54) is 0 Å². The van der Waals surface area contributed by atoms with Gasteiger partial charge in [-0.25, -0.2) is 4.98 Å². The molecule has 0 spiro atoms. The molecule has 0 radical (unpaired) electrons. The van der Waals surface area contributed by atoms with Crippen LogP contribution in [0.5, 0.6) is 0 Å². The van der Waals surface area contributed by atoms with E-state index in [1.54, 1.807) is 13.2 Å². The van der Waals surface area contributed by atoms with Crippen LogP contribution in [0.3, 0.4) is 0 Å². The van der Waals surface area contributed by atoms with Crippen LogP contribution in [0, 0.1) is 0 Å². The molecule has 17 heavy (non-hydrogen) atoms. The van der Waals surface area contributed by atoms with Gasteiger partial charge in [0.15, 0.2) is 0 Å². The van der Waals surface area contributed by atoms with Crippen molar-refractivity contribution in [3.8, 4) is 0 Å². The van der Waals surface area contributed by atoms with Crippen molar-refractivity contribution in [2.45, 2.75) is 19.9 Å². The van der Waals surface area contributed by atoms with Gasteiger partial charge in [0.05, 0.1) is 6.54 Å². The number of halogens is 1. The first-order valence-electron chi connectivity index (χ1n) is 5.69. The van der Waals surface area contributed by atoms with Gasteiger partial charge in [0, 0.05) is 19.8 Å². The van der Waals surface area contributed by atoms with Crippen LogP contribution in [-0.4, -0.2) is 35.9 Å². The van der Waals surface area contributed by atoms with Gasteiger partial charge in [-0.2, -0.15) is 0 Å². The third-order valence-electron chi connectivity index (χ3n) is 2.38. The Morgan fingerprint density at radius 1 is 1.59 bits per heavy atom. The van der Waals surface area contributed by atoms with Crippen molar-refractivity contribution in [3.05, 3.63) is 29.0 Å². The van der Waals surface area contributed by atoms with Gasteiger partial charge in [-0.15, -0.1) is 0 Å². The zero-order valence-electron chi connectivity index (χ0n) is 10.2. The molecule has 0 unspecified atom stereocenters. The number of hydrogen-bond acceptors (Lipinski definition) is 3. The maximum absolute atomic E-state index is 11.4. The molecule has 0 bridgehead atoms. The number of carbonyl (C=O) groups is 1. The highest BCUT2D eigenvalue weighted by atomic mass is 35.5. The molecule has 5 heteroatoms. The van der Waals surface area contributed by atoms with Crippen LogP contribution in [0.1, 0.15) is 18.9 Å². The topological polar surface area (TPSA) is 45.2 Å². The predicted octanol–water partition coefficient (Wildman–Crippen LogP) is 1.69. The van der Waals surface area contributed by atoms with Crippen molar-refractivity contribution >= 4 is 17.5 Å². The summed E-state index contributed by atoms with van der Waals surface area (Å²) in [6.07, 6.45) is 2.69. The molecule has 4 nitrogen and oxygen atoms in total. The molecule has 1 aromatic heterocycles. The Balaban J connectivity index is 2.62. The number of hydrogen-bond donors (Lipinski definition) is 1. The number of amides is 1. The van der Waals surface area contributed by atoms with Crippen molar-refractivity contribution in [1.29, 1.82) is 0 Å². The molecule has 0 saturated heterocycles. The van der Waals surface area contributed by atoms with Crippen molar-refractivity contribution in [3.63, 3.8) is 0 Å². The molecule has 1 heterocycles.